The molecule has 1 aromatic carbocycles. The third-order valence-corrected chi connectivity index (χ3v) is 6.08. The molecule has 1 aliphatic rings. The minimum absolute atomic E-state index is 0.00155. The second-order valence-electron chi connectivity index (χ2n) is 6.11. The maximum Gasteiger partial charge on any atom is 0.387 e. The summed E-state index contributed by atoms with van der Waals surface area (Å²) >= 11 is 0. The number of allylic oxidation sites excluding steroid dienone is 1. The second kappa shape index (κ2) is 8.08. The quantitative estimate of drug-likeness (QED) is 0.578. The Labute approximate surface area is 148 Å². The molecule has 1 heterocycles. The van der Waals surface area contributed by atoms with Crippen LogP contribution in [0.4, 0.5) is 8.78 Å². The van der Waals surface area contributed by atoms with Gasteiger partial charge in [0, 0.05) is 16.4 Å². The highest BCUT2D eigenvalue weighted by Crippen LogP contribution is 2.43. The number of ether oxygens (including phenoxy) is 2. The number of hydrogen-bond acceptors (Lipinski definition) is 4. The molecular weight excluding hydrogens is 350 g/mol. The molecule has 1 aliphatic heterocycles. The molecule has 4 unspecified atom stereocenters. The van der Waals surface area contributed by atoms with Gasteiger partial charge in [0.05, 0.1) is 17.4 Å². The largest absolute Gasteiger partial charge is 0.465 e. The van der Waals surface area contributed by atoms with Crippen LogP contribution >= 0.6 is 0 Å². The molecule has 0 N–H and O–H groups in total. The van der Waals surface area contributed by atoms with Gasteiger partial charge in [-0.15, -0.1) is 0 Å². The third kappa shape index (κ3) is 4.08. The second-order valence-corrected chi connectivity index (χ2v) is 7.65. The van der Waals surface area contributed by atoms with E-state index in [0.29, 0.717) is 22.5 Å². The zero-order chi connectivity index (χ0) is 18.7. The fraction of sp³-hybridized carbons (Fsp3) is 0.500. The number of alkyl halides is 2. The van der Waals surface area contributed by atoms with Gasteiger partial charge >= 0.3 is 12.6 Å². The minimum Gasteiger partial charge on any atom is -0.465 e. The van der Waals surface area contributed by atoms with Gasteiger partial charge < -0.3 is 9.47 Å². The zero-order valence-electron chi connectivity index (χ0n) is 14.5. The molecule has 4 atom stereocenters. The van der Waals surface area contributed by atoms with Gasteiger partial charge in [0.15, 0.2) is 0 Å². The van der Waals surface area contributed by atoms with E-state index in [0.717, 1.165) is 0 Å². The first kappa shape index (κ1) is 19.6. The predicted octanol–water partition coefficient (Wildman–Crippen LogP) is 4.03. The van der Waals surface area contributed by atoms with Crippen molar-refractivity contribution < 1.29 is 27.3 Å². The van der Waals surface area contributed by atoms with Crippen LogP contribution in [-0.4, -0.2) is 28.6 Å². The van der Waals surface area contributed by atoms with E-state index in [9.17, 15) is 17.8 Å². The van der Waals surface area contributed by atoms with Crippen LogP contribution in [0.1, 0.15) is 38.7 Å². The van der Waals surface area contributed by atoms with Crippen molar-refractivity contribution in [3.8, 4) is 5.75 Å². The topological polar surface area (TPSA) is 52.6 Å². The molecule has 0 fully saturated rings. The first-order chi connectivity index (χ1) is 11.8. The summed E-state index contributed by atoms with van der Waals surface area (Å²) in [5.41, 5.74) is 1.17. The van der Waals surface area contributed by atoms with Crippen LogP contribution in [0.25, 0.3) is 0 Å². The Morgan fingerprint density at radius 1 is 1.44 bits per heavy atom. The fourth-order valence-corrected chi connectivity index (χ4v) is 5.12. The molecule has 0 bridgehead atoms. The van der Waals surface area contributed by atoms with Crippen LogP contribution in [0.3, 0.4) is 0 Å². The highest BCUT2D eigenvalue weighted by molar-refractivity contribution is 7.86. The smallest absolute Gasteiger partial charge is 0.387 e. The van der Waals surface area contributed by atoms with Gasteiger partial charge in [-0.05, 0) is 38.3 Å². The molecule has 4 nitrogen and oxygen atoms in total. The monoisotopic (exact) mass is 372 g/mol. The SMILES string of the molecule is C=C(C)C1CC(C)c2c(OC(F)F)cccc2S(=O)C1C(=O)OCC. The Balaban J connectivity index is 2.59. The van der Waals surface area contributed by atoms with Crippen molar-refractivity contribution in [2.45, 2.75) is 49.9 Å². The molecule has 1 aromatic rings. The summed E-state index contributed by atoms with van der Waals surface area (Å²) in [6.45, 7) is 6.41. The van der Waals surface area contributed by atoms with Gasteiger partial charge in [-0.3, -0.25) is 9.00 Å². The van der Waals surface area contributed by atoms with Gasteiger partial charge in [-0.25, -0.2) is 0 Å². The highest BCUT2D eigenvalue weighted by atomic mass is 32.2. The van der Waals surface area contributed by atoms with Crippen LogP contribution in [0.15, 0.2) is 35.2 Å². The number of rotatable bonds is 5. The molecule has 138 valence electrons. The molecule has 0 radical (unpaired) electrons. The molecule has 0 spiro atoms. The van der Waals surface area contributed by atoms with E-state index in [2.05, 4.69) is 11.3 Å². The zero-order valence-corrected chi connectivity index (χ0v) is 15.3. The van der Waals surface area contributed by atoms with Crippen LogP contribution in [-0.2, 0) is 20.3 Å². The summed E-state index contributed by atoms with van der Waals surface area (Å²) in [4.78, 5) is 12.8. The summed E-state index contributed by atoms with van der Waals surface area (Å²) in [6.07, 6.45) is 0.446. The molecule has 0 saturated heterocycles. The highest BCUT2D eigenvalue weighted by Gasteiger charge is 2.42. The van der Waals surface area contributed by atoms with E-state index in [1.165, 1.54) is 12.1 Å². The Morgan fingerprint density at radius 2 is 2.12 bits per heavy atom. The third-order valence-electron chi connectivity index (χ3n) is 4.31. The molecular formula is C18H22F2O4S. The summed E-state index contributed by atoms with van der Waals surface area (Å²) in [7, 11) is -1.76. The van der Waals surface area contributed by atoms with Gasteiger partial charge in [0.2, 0.25) is 0 Å². The minimum atomic E-state index is -2.98. The van der Waals surface area contributed by atoms with E-state index < -0.39 is 28.6 Å². The lowest BCUT2D eigenvalue weighted by molar-refractivity contribution is -0.143. The van der Waals surface area contributed by atoms with Crippen molar-refractivity contribution >= 4 is 16.8 Å². The number of fused-ring (bicyclic) bond motifs is 1. The summed E-state index contributed by atoms with van der Waals surface area (Å²) in [5.74, 6) is -1.16. The average molecular weight is 372 g/mol. The average Bonchev–Trinajstić information content (AvgIpc) is 2.63. The Kier molecular flexibility index (Phi) is 6.32. The molecule has 0 saturated carbocycles. The van der Waals surface area contributed by atoms with E-state index in [4.69, 9.17) is 4.74 Å². The van der Waals surface area contributed by atoms with Crippen molar-refractivity contribution in [2.24, 2.45) is 5.92 Å². The van der Waals surface area contributed by atoms with Gasteiger partial charge in [-0.1, -0.05) is 25.1 Å². The van der Waals surface area contributed by atoms with Gasteiger partial charge in [0.25, 0.3) is 0 Å². The number of benzene rings is 1. The number of esters is 1. The van der Waals surface area contributed by atoms with Crippen molar-refractivity contribution in [1.82, 2.24) is 0 Å². The van der Waals surface area contributed by atoms with E-state index >= 15 is 0 Å². The van der Waals surface area contributed by atoms with Crippen molar-refractivity contribution in [3.05, 3.63) is 35.9 Å². The van der Waals surface area contributed by atoms with E-state index in [-0.39, 0.29) is 24.2 Å². The number of halogens is 2. The predicted molar refractivity (Wildman–Crippen MR) is 91.2 cm³/mol. The molecule has 2 rings (SSSR count). The Morgan fingerprint density at radius 3 is 2.68 bits per heavy atom. The standard InChI is InChI=1S/C18H22F2O4S/c1-5-23-17(21)16-12(10(2)3)9-11(4)15-13(24-18(19)20)7-6-8-14(15)25(16)22/h6-8,11-12,16,18H,2,5,9H2,1,3-4H3. The summed E-state index contributed by atoms with van der Waals surface area (Å²) < 4.78 is 48.4. The molecule has 0 aromatic heterocycles. The Hall–Kier alpha value is -1.76. The molecule has 7 heteroatoms. The van der Waals surface area contributed by atoms with Crippen molar-refractivity contribution in [2.75, 3.05) is 6.61 Å². The summed E-state index contributed by atoms with van der Waals surface area (Å²) in [5, 5.41) is -0.914. The normalized spacial score (nSPS) is 25.8. The van der Waals surface area contributed by atoms with Gasteiger partial charge in [-0.2, -0.15) is 8.78 Å². The van der Waals surface area contributed by atoms with E-state index in [1.807, 2.05) is 6.92 Å². The van der Waals surface area contributed by atoms with Crippen LogP contribution in [0.5, 0.6) is 5.75 Å². The van der Waals surface area contributed by atoms with Crippen LogP contribution < -0.4 is 4.74 Å². The van der Waals surface area contributed by atoms with Crippen LogP contribution in [0.2, 0.25) is 0 Å². The first-order valence-electron chi connectivity index (χ1n) is 8.08. The lowest BCUT2D eigenvalue weighted by Gasteiger charge is -2.24. The van der Waals surface area contributed by atoms with Crippen molar-refractivity contribution in [3.63, 3.8) is 0 Å². The number of carbonyl (C=O) groups is 1. The van der Waals surface area contributed by atoms with Crippen LogP contribution in [0, 0.1) is 5.92 Å². The fourth-order valence-electron chi connectivity index (χ4n) is 3.23. The Bertz CT molecular complexity index is 690. The van der Waals surface area contributed by atoms with E-state index in [1.54, 1.807) is 19.9 Å². The first-order valence-corrected chi connectivity index (χ1v) is 9.29. The number of carbonyl (C=O) groups excluding carboxylic acids is 1. The van der Waals surface area contributed by atoms with Gasteiger partial charge in [0.1, 0.15) is 11.0 Å². The lowest BCUT2D eigenvalue weighted by atomic mass is 9.84. The molecule has 0 aliphatic carbocycles. The number of hydrogen-bond donors (Lipinski definition) is 0. The lowest BCUT2D eigenvalue weighted by Crippen LogP contribution is -2.35. The molecule has 25 heavy (non-hydrogen) atoms. The molecule has 0 amide bonds. The maximum absolute atomic E-state index is 13.2. The summed E-state index contributed by atoms with van der Waals surface area (Å²) in [6, 6.07) is 4.52. The van der Waals surface area contributed by atoms with Crippen molar-refractivity contribution in [1.29, 1.82) is 0 Å². The maximum atomic E-state index is 13.2.